The smallest absolute Gasteiger partial charge is 0.251 e. The van der Waals surface area contributed by atoms with Crippen LogP contribution in [-0.2, 0) is 0 Å². The Kier molecular flexibility index (Phi) is 5.79. The predicted octanol–water partition coefficient (Wildman–Crippen LogP) is 2.15. The summed E-state index contributed by atoms with van der Waals surface area (Å²) in [4.78, 5) is 12.1. The standard InChI is InChI=1S/C16H20ClNO3/c17-13-8-6-12(7-9-13)16(21)18-14(10-19)15(20)11-4-2-1-3-5-11/h2,4,6-9,11,14-15,19-20H,1,3,5,10H2,(H,18,21)/t11-,14-,15+/m1/s1. The van der Waals surface area contributed by atoms with Crippen molar-refractivity contribution in [1.29, 1.82) is 0 Å². The molecule has 0 fully saturated rings. The fourth-order valence-electron chi connectivity index (χ4n) is 2.51. The third kappa shape index (κ3) is 4.30. The number of carbonyl (C=O) groups is 1. The van der Waals surface area contributed by atoms with Crippen LogP contribution < -0.4 is 5.32 Å². The fraction of sp³-hybridized carbons (Fsp3) is 0.438. The number of carbonyl (C=O) groups excluding carboxylic acids is 1. The number of hydrogen-bond donors (Lipinski definition) is 3. The molecule has 5 heteroatoms. The minimum absolute atomic E-state index is 0.0265. The molecule has 0 saturated heterocycles. The molecule has 1 aliphatic rings. The molecule has 0 saturated carbocycles. The molecule has 21 heavy (non-hydrogen) atoms. The first-order valence-electron chi connectivity index (χ1n) is 7.14. The van der Waals surface area contributed by atoms with Crippen molar-refractivity contribution in [3.05, 3.63) is 47.0 Å². The predicted molar refractivity (Wildman–Crippen MR) is 82.3 cm³/mol. The van der Waals surface area contributed by atoms with Crippen molar-refractivity contribution in [2.45, 2.75) is 31.4 Å². The van der Waals surface area contributed by atoms with E-state index in [2.05, 4.69) is 5.32 Å². The van der Waals surface area contributed by atoms with Crippen LogP contribution >= 0.6 is 11.6 Å². The Balaban J connectivity index is 2.00. The number of nitrogens with one attached hydrogen (secondary N) is 1. The van der Waals surface area contributed by atoms with Crippen LogP contribution in [0, 0.1) is 5.92 Å². The van der Waals surface area contributed by atoms with Crippen molar-refractivity contribution in [1.82, 2.24) is 5.32 Å². The van der Waals surface area contributed by atoms with Crippen LogP contribution in [0.1, 0.15) is 29.6 Å². The maximum absolute atomic E-state index is 12.1. The van der Waals surface area contributed by atoms with E-state index in [1.54, 1.807) is 24.3 Å². The van der Waals surface area contributed by atoms with Crippen molar-refractivity contribution < 1.29 is 15.0 Å². The van der Waals surface area contributed by atoms with Gasteiger partial charge < -0.3 is 15.5 Å². The molecule has 0 unspecified atom stereocenters. The van der Waals surface area contributed by atoms with Gasteiger partial charge in [-0.3, -0.25) is 4.79 Å². The lowest BCUT2D eigenvalue weighted by molar-refractivity contribution is 0.0486. The quantitative estimate of drug-likeness (QED) is 0.730. The molecule has 0 heterocycles. The number of halogens is 1. The molecule has 114 valence electrons. The highest BCUT2D eigenvalue weighted by molar-refractivity contribution is 6.30. The summed E-state index contributed by atoms with van der Waals surface area (Å²) in [5, 5.41) is 23.0. The Morgan fingerprint density at radius 1 is 1.38 bits per heavy atom. The minimum atomic E-state index is -0.789. The Hall–Kier alpha value is -1.36. The van der Waals surface area contributed by atoms with Crippen LogP contribution in [0.25, 0.3) is 0 Å². The van der Waals surface area contributed by atoms with Crippen LogP contribution in [0.4, 0.5) is 0 Å². The fourth-order valence-corrected chi connectivity index (χ4v) is 2.64. The van der Waals surface area contributed by atoms with Gasteiger partial charge in [-0.25, -0.2) is 0 Å². The third-order valence-corrected chi connectivity index (χ3v) is 4.01. The number of aliphatic hydroxyl groups excluding tert-OH is 2. The van der Waals surface area contributed by atoms with Crippen LogP contribution in [0.15, 0.2) is 36.4 Å². The summed E-state index contributed by atoms with van der Waals surface area (Å²) in [5.74, 6) is -0.356. The molecule has 0 radical (unpaired) electrons. The molecule has 0 aromatic heterocycles. The first-order chi connectivity index (χ1) is 10.1. The second-order valence-corrected chi connectivity index (χ2v) is 5.72. The molecule has 2 rings (SSSR count). The van der Waals surface area contributed by atoms with Crippen LogP contribution in [0.2, 0.25) is 5.02 Å². The van der Waals surface area contributed by atoms with Gasteiger partial charge in [0.15, 0.2) is 0 Å². The van der Waals surface area contributed by atoms with Gasteiger partial charge in [0, 0.05) is 16.5 Å². The van der Waals surface area contributed by atoms with Crippen molar-refractivity contribution >= 4 is 17.5 Å². The van der Waals surface area contributed by atoms with Gasteiger partial charge in [0.2, 0.25) is 0 Å². The zero-order chi connectivity index (χ0) is 15.2. The van der Waals surface area contributed by atoms with Crippen LogP contribution in [0.3, 0.4) is 0 Å². The number of allylic oxidation sites excluding steroid dienone is 1. The van der Waals surface area contributed by atoms with E-state index in [-0.39, 0.29) is 18.4 Å². The summed E-state index contributed by atoms with van der Waals surface area (Å²) in [6.07, 6.45) is 6.11. The molecule has 0 bridgehead atoms. The van der Waals surface area contributed by atoms with Crippen molar-refractivity contribution in [2.24, 2.45) is 5.92 Å². The second-order valence-electron chi connectivity index (χ2n) is 5.28. The van der Waals surface area contributed by atoms with Gasteiger partial charge in [-0.2, -0.15) is 0 Å². The van der Waals surface area contributed by atoms with E-state index in [0.717, 1.165) is 19.3 Å². The van der Waals surface area contributed by atoms with E-state index >= 15 is 0 Å². The summed E-state index contributed by atoms with van der Waals surface area (Å²) >= 11 is 5.78. The highest BCUT2D eigenvalue weighted by Crippen LogP contribution is 2.22. The Labute approximate surface area is 129 Å². The Morgan fingerprint density at radius 3 is 2.67 bits per heavy atom. The third-order valence-electron chi connectivity index (χ3n) is 3.76. The summed E-state index contributed by atoms with van der Waals surface area (Å²) in [7, 11) is 0. The summed E-state index contributed by atoms with van der Waals surface area (Å²) < 4.78 is 0. The number of benzene rings is 1. The van der Waals surface area contributed by atoms with E-state index in [0.29, 0.717) is 10.6 Å². The topological polar surface area (TPSA) is 69.6 Å². The van der Waals surface area contributed by atoms with Crippen LogP contribution in [-0.4, -0.2) is 34.9 Å². The van der Waals surface area contributed by atoms with Gasteiger partial charge in [0.05, 0.1) is 18.8 Å². The zero-order valence-electron chi connectivity index (χ0n) is 11.7. The van der Waals surface area contributed by atoms with Crippen molar-refractivity contribution in [2.75, 3.05) is 6.61 Å². The summed E-state index contributed by atoms with van der Waals surface area (Å²) in [5.41, 5.74) is 0.448. The molecule has 0 spiro atoms. The Morgan fingerprint density at radius 2 is 2.10 bits per heavy atom. The highest BCUT2D eigenvalue weighted by Gasteiger charge is 2.27. The minimum Gasteiger partial charge on any atom is -0.394 e. The number of rotatable bonds is 5. The summed E-state index contributed by atoms with van der Waals surface area (Å²) in [6, 6.07) is 5.80. The van der Waals surface area contributed by atoms with Gasteiger partial charge in [-0.15, -0.1) is 0 Å². The van der Waals surface area contributed by atoms with Gasteiger partial charge >= 0.3 is 0 Å². The second kappa shape index (κ2) is 7.59. The molecular weight excluding hydrogens is 290 g/mol. The van der Waals surface area contributed by atoms with Crippen molar-refractivity contribution in [3.8, 4) is 0 Å². The molecule has 1 aromatic carbocycles. The van der Waals surface area contributed by atoms with Gasteiger partial charge in [0.25, 0.3) is 5.91 Å². The van der Waals surface area contributed by atoms with Crippen LogP contribution in [0.5, 0.6) is 0 Å². The van der Waals surface area contributed by atoms with E-state index in [9.17, 15) is 15.0 Å². The average Bonchev–Trinajstić information content (AvgIpc) is 2.53. The normalized spacial score (nSPS) is 20.8. The molecular formula is C16H20ClNO3. The first-order valence-corrected chi connectivity index (χ1v) is 7.51. The number of hydrogen-bond acceptors (Lipinski definition) is 3. The maximum Gasteiger partial charge on any atom is 0.251 e. The van der Waals surface area contributed by atoms with Gasteiger partial charge in [-0.05, 0) is 43.5 Å². The highest BCUT2D eigenvalue weighted by atomic mass is 35.5. The summed E-state index contributed by atoms with van der Waals surface area (Å²) in [6.45, 7) is -0.301. The first kappa shape index (κ1) is 16.0. The molecule has 3 N–H and O–H groups in total. The van der Waals surface area contributed by atoms with E-state index in [1.165, 1.54) is 0 Å². The van der Waals surface area contributed by atoms with E-state index in [4.69, 9.17) is 11.6 Å². The lowest BCUT2D eigenvalue weighted by atomic mass is 9.87. The number of amides is 1. The average molecular weight is 310 g/mol. The van der Waals surface area contributed by atoms with E-state index < -0.39 is 12.1 Å². The van der Waals surface area contributed by atoms with E-state index in [1.807, 2.05) is 12.2 Å². The van der Waals surface area contributed by atoms with Gasteiger partial charge in [-0.1, -0.05) is 23.8 Å². The molecule has 1 aliphatic carbocycles. The monoisotopic (exact) mass is 309 g/mol. The largest absolute Gasteiger partial charge is 0.394 e. The number of aliphatic hydroxyl groups is 2. The molecule has 4 nitrogen and oxygen atoms in total. The maximum atomic E-state index is 12.1. The molecule has 0 aliphatic heterocycles. The SMILES string of the molecule is O=C(N[C@H](CO)[C@@H](O)[C@@H]1C=CCCC1)c1ccc(Cl)cc1. The molecule has 1 aromatic rings. The van der Waals surface area contributed by atoms with Crippen molar-refractivity contribution in [3.63, 3.8) is 0 Å². The molecule has 1 amide bonds. The van der Waals surface area contributed by atoms with Gasteiger partial charge in [0.1, 0.15) is 0 Å². The Bertz CT molecular complexity index is 501. The lowest BCUT2D eigenvalue weighted by Crippen LogP contribution is -2.48. The molecule has 3 atom stereocenters. The zero-order valence-corrected chi connectivity index (χ0v) is 12.5. The lowest BCUT2D eigenvalue weighted by Gasteiger charge is -2.29.